The van der Waals surface area contributed by atoms with Gasteiger partial charge in [-0.2, -0.15) is 4.98 Å². The normalized spacial score (nSPS) is 11.8. The highest BCUT2D eigenvalue weighted by Gasteiger charge is 2.21. The zero-order valence-electron chi connectivity index (χ0n) is 16.7. The Bertz CT molecular complexity index is 988. The maximum Gasteiger partial charge on any atom is 0.263 e. The summed E-state index contributed by atoms with van der Waals surface area (Å²) in [5, 5.41) is 4.63. The minimum Gasteiger partial charge on any atom is -0.497 e. The van der Waals surface area contributed by atoms with E-state index in [0.717, 1.165) is 16.9 Å². The first-order valence-electron chi connectivity index (χ1n) is 9.02. The molecule has 2 aromatic carbocycles. The van der Waals surface area contributed by atoms with E-state index in [0.29, 0.717) is 22.5 Å². The van der Waals surface area contributed by atoms with E-state index < -0.39 is 6.10 Å². The molecule has 0 aliphatic rings. The third-order valence-corrected chi connectivity index (χ3v) is 4.78. The van der Waals surface area contributed by atoms with E-state index in [2.05, 4.69) is 10.1 Å². The van der Waals surface area contributed by atoms with Crippen LogP contribution < -0.4 is 9.47 Å². The number of carbonyl (C=O) groups excluding carboxylic acids is 1. The molecular weight excluding hydrogens is 394 g/mol. The van der Waals surface area contributed by atoms with Gasteiger partial charge in [-0.3, -0.25) is 4.79 Å². The van der Waals surface area contributed by atoms with Gasteiger partial charge in [0.15, 0.2) is 6.10 Å². The van der Waals surface area contributed by atoms with Crippen LogP contribution in [0.4, 0.5) is 0 Å². The van der Waals surface area contributed by atoms with Crippen LogP contribution in [0.2, 0.25) is 5.02 Å². The number of nitrogens with zero attached hydrogens (tertiary/aromatic N) is 3. The Morgan fingerprint density at radius 1 is 1.21 bits per heavy atom. The second-order valence-corrected chi connectivity index (χ2v) is 7.01. The lowest BCUT2D eigenvalue weighted by molar-refractivity contribution is -0.137. The predicted octanol–water partition coefficient (Wildman–Crippen LogP) is 4.13. The van der Waals surface area contributed by atoms with Crippen molar-refractivity contribution in [2.75, 3.05) is 14.2 Å². The summed E-state index contributed by atoms with van der Waals surface area (Å²) in [7, 11) is 3.26. The Morgan fingerprint density at radius 2 is 1.90 bits per heavy atom. The summed E-state index contributed by atoms with van der Waals surface area (Å²) in [6.07, 6.45) is -0.676. The molecule has 1 atom stereocenters. The topological polar surface area (TPSA) is 77.7 Å². The van der Waals surface area contributed by atoms with Crippen molar-refractivity contribution in [1.29, 1.82) is 0 Å². The van der Waals surface area contributed by atoms with Gasteiger partial charge < -0.3 is 18.9 Å². The maximum atomic E-state index is 12.6. The first kappa shape index (κ1) is 20.7. The fourth-order valence-electron chi connectivity index (χ4n) is 2.71. The molecule has 1 amide bonds. The number of amides is 1. The third kappa shape index (κ3) is 5.06. The van der Waals surface area contributed by atoms with Gasteiger partial charge in [0.2, 0.25) is 11.7 Å². The molecule has 0 aliphatic carbocycles. The molecule has 7 nitrogen and oxygen atoms in total. The average molecular weight is 416 g/mol. The van der Waals surface area contributed by atoms with Gasteiger partial charge in [0.1, 0.15) is 11.5 Å². The maximum absolute atomic E-state index is 12.6. The zero-order valence-corrected chi connectivity index (χ0v) is 17.4. The molecule has 0 fully saturated rings. The highest BCUT2D eigenvalue weighted by atomic mass is 35.5. The predicted molar refractivity (Wildman–Crippen MR) is 109 cm³/mol. The van der Waals surface area contributed by atoms with E-state index in [1.54, 1.807) is 39.3 Å². The number of hydrogen-bond donors (Lipinski definition) is 0. The minimum absolute atomic E-state index is 0.176. The van der Waals surface area contributed by atoms with Crippen molar-refractivity contribution in [3.63, 3.8) is 0 Å². The number of hydrogen-bond acceptors (Lipinski definition) is 6. The summed E-state index contributed by atoms with van der Waals surface area (Å²) in [4.78, 5) is 18.5. The summed E-state index contributed by atoms with van der Waals surface area (Å²) in [5.41, 5.74) is 1.68. The van der Waals surface area contributed by atoms with Crippen LogP contribution in [0.15, 0.2) is 47.0 Å². The molecule has 0 unspecified atom stereocenters. The van der Waals surface area contributed by atoms with Gasteiger partial charge >= 0.3 is 0 Å². The molecule has 0 aliphatic heterocycles. The molecule has 152 valence electrons. The van der Waals surface area contributed by atoms with Crippen molar-refractivity contribution in [2.45, 2.75) is 26.5 Å². The Balaban J connectivity index is 1.61. The van der Waals surface area contributed by atoms with Crippen molar-refractivity contribution in [3.05, 3.63) is 58.9 Å². The van der Waals surface area contributed by atoms with Crippen molar-refractivity contribution in [2.24, 2.45) is 0 Å². The lowest BCUT2D eigenvalue weighted by Crippen LogP contribution is -2.37. The van der Waals surface area contributed by atoms with Gasteiger partial charge in [0.05, 0.1) is 13.7 Å². The molecule has 0 N–H and O–H groups in total. The van der Waals surface area contributed by atoms with Crippen LogP contribution in [0.5, 0.6) is 11.5 Å². The van der Waals surface area contributed by atoms with E-state index in [1.165, 1.54) is 4.90 Å². The van der Waals surface area contributed by atoms with Gasteiger partial charge in [0, 0.05) is 17.6 Å². The van der Waals surface area contributed by atoms with Crippen LogP contribution in [0.25, 0.3) is 11.4 Å². The summed E-state index contributed by atoms with van der Waals surface area (Å²) in [6, 6.07) is 12.6. The molecule has 0 saturated carbocycles. The quantitative estimate of drug-likeness (QED) is 0.577. The van der Waals surface area contributed by atoms with Gasteiger partial charge in [-0.1, -0.05) is 16.8 Å². The number of aryl methyl sites for hydroxylation is 1. The number of aromatic nitrogens is 2. The summed E-state index contributed by atoms with van der Waals surface area (Å²) < 4.78 is 16.2. The van der Waals surface area contributed by atoms with E-state index in [1.807, 2.05) is 31.2 Å². The van der Waals surface area contributed by atoms with E-state index in [9.17, 15) is 4.79 Å². The average Bonchev–Trinajstić information content (AvgIpc) is 3.18. The zero-order chi connectivity index (χ0) is 21.0. The fraction of sp³-hybridized carbons (Fsp3) is 0.286. The molecule has 3 rings (SSSR count). The summed E-state index contributed by atoms with van der Waals surface area (Å²) in [6.45, 7) is 3.75. The molecule has 3 aromatic rings. The molecule has 0 bridgehead atoms. The molecule has 1 aromatic heterocycles. The lowest BCUT2D eigenvalue weighted by Gasteiger charge is -2.21. The lowest BCUT2D eigenvalue weighted by atomic mass is 10.2. The first-order valence-corrected chi connectivity index (χ1v) is 9.40. The fourth-order valence-corrected chi connectivity index (χ4v) is 2.83. The number of benzene rings is 2. The smallest absolute Gasteiger partial charge is 0.263 e. The van der Waals surface area contributed by atoms with Crippen LogP contribution in [-0.4, -0.2) is 41.2 Å². The van der Waals surface area contributed by atoms with Crippen LogP contribution in [0.1, 0.15) is 18.4 Å². The molecule has 0 radical (unpaired) electrons. The van der Waals surface area contributed by atoms with Gasteiger partial charge in [-0.25, -0.2) is 0 Å². The molecule has 8 heteroatoms. The Kier molecular flexibility index (Phi) is 6.39. The first-order chi connectivity index (χ1) is 13.9. The number of methoxy groups -OCH3 is 1. The van der Waals surface area contributed by atoms with E-state index >= 15 is 0 Å². The Hall–Kier alpha value is -3.06. The number of halogens is 1. The third-order valence-electron chi connectivity index (χ3n) is 4.35. The van der Waals surface area contributed by atoms with Crippen molar-refractivity contribution >= 4 is 17.5 Å². The van der Waals surface area contributed by atoms with Crippen molar-refractivity contribution in [1.82, 2.24) is 15.0 Å². The monoisotopic (exact) mass is 415 g/mol. The van der Waals surface area contributed by atoms with Crippen LogP contribution in [0.3, 0.4) is 0 Å². The second-order valence-electron chi connectivity index (χ2n) is 6.61. The van der Waals surface area contributed by atoms with Crippen LogP contribution in [-0.2, 0) is 11.3 Å². The number of rotatable bonds is 7. The molecule has 1 heterocycles. The van der Waals surface area contributed by atoms with E-state index in [4.69, 9.17) is 25.6 Å². The molecule has 0 saturated heterocycles. The van der Waals surface area contributed by atoms with Gasteiger partial charge in [0.25, 0.3) is 5.91 Å². The summed E-state index contributed by atoms with van der Waals surface area (Å²) in [5.74, 6) is 1.90. The standard InChI is InChI=1S/C21H22ClN3O4/c1-13-11-17(9-10-18(13)22)28-14(2)21(26)25(3)12-19-23-20(24-29-19)15-5-7-16(27-4)8-6-15/h5-11,14H,12H2,1-4H3/t14-/m0/s1. The molecule has 29 heavy (non-hydrogen) atoms. The van der Waals surface area contributed by atoms with Gasteiger partial charge in [-0.15, -0.1) is 0 Å². The Morgan fingerprint density at radius 3 is 2.55 bits per heavy atom. The molecule has 0 spiro atoms. The number of likely N-dealkylation sites (N-methyl/N-ethyl adjacent to an activating group) is 1. The van der Waals surface area contributed by atoms with E-state index in [-0.39, 0.29) is 12.5 Å². The Labute approximate surface area is 174 Å². The molecular formula is C21H22ClN3O4. The number of carbonyl (C=O) groups is 1. The van der Waals surface area contributed by atoms with Crippen molar-refractivity contribution in [3.8, 4) is 22.9 Å². The highest BCUT2D eigenvalue weighted by molar-refractivity contribution is 6.31. The van der Waals surface area contributed by atoms with Crippen LogP contribution >= 0.6 is 11.6 Å². The number of ether oxygens (including phenoxy) is 2. The largest absolute Gasteiger partial charge is 0.497 e. The van der Waals surface area contributed by atoms with Crippen molar-refractivity contribution < 1.29 is 18.8 Å². The SMILES string of the molecule is COc1ccc(-c2noc(CN(C)C(=O)[C@H](C)Oc3ccc(Cl)c(C)c3)n2)cc1. The minimum atomic E-state index is -0.676. The second kappa shape index (κ2) is 8.96. The highest BCUT2D eigenvalue weighted by Crippen LogP contribution is 2.23. The van der Waals surface area contributed by atoms with Gasteiger partial charge in [-0.05, 0) is 61.9 Å². The van der Waals surface area contributed by atoms with Crippen LogP contribution in [0, 0.1) is 6.92 Å². The summed E-state index contributed by atoms with van der Waals surface area (Å²) >= 11 is 6.02.